The Balaban J connectivity index is 1.88. The third-order valence-corrected chi connectivity index (χ3v) is 4.36. The lowest BCUT2D eigenvalue weighted by atomic mass is 9.72. The maximum absolute atomic E-state index is 2.47. The first kappa shape index (κ1) is 9.55. The first-order valence-electron chi connectivity index (χ1n) is 6.25. The highest BCUT2D eigenvalue weighted by atomic mass is 14.4. The smallest absolute Gasteiger partial charge is 0.0383 e. The number of hydrogen-bond donors (Lipinski definition) is 0. The van der Waals surface area contributed by atoms with E-state index in [2.05, 4.69) is 13.8 Å². The lowest BCUT2D eigenvalue weighted by Gasteiger charge is -2.34. The molecule has 0 aromatic carbocycles. The van der Waals surface area contributed by atoms with Crippen LogP contribution < -0.4 is 0 Å². The van der Waals surface area contributed by atoms with E-state index in [1.165, 1.54) is 32.1 Å². The van der Waals surface area contributed by atoms with Gasteiger partial charge < -0.3 is 0 Å². The molecule has 0 aromatic heterocycles. The molecule has 0 saturated heterocycles. The summed E-state index contributed by atoms with van der Waals surface area (Å²) in [6, 6.07) is 0. The van der Waals surface area contributed by atoms with Crippen molar-refractivity contribution in [3.63, 3.8) is 0 Å². The van der Waals surface area contributed by atoms with Crippen LogP contribution in [0.1, 0.15) is 58.8 Å². The van der Waals surface area contributed by atoms with Crippen LogP contribution in [-0.2, 0) is 0 Å². The van der Waals surface area contributed by atoms with E-state index in [0.29, 0.717) is 0 Å². The zero-order chi connectivity index (χ0) is 9.26. The summed E-state index contributed by atoms with van der Waals surface area (Å²) in [5, 5.41) is 0. The van der Waals surface area contributed by atoms with Gasteiger partial charge in [0, 0.05) is 0 Å². The van der Waals surface area contributed by atoms with Crippen molar-refractivity contribution in [1.82, 2.24) is 0 Å². The second kappa shape index (κ2) is 4.02. The van der Waals surface area contributed by atoms with Crippen molar-refractivity contribution >= 4 is 0 Å². The van der Waals surface area contributed by atoms with E-state index in [0.717, 1.165) is 23.7 Å². The maximum atomic E-state index is 2.47. The topological polar surface area (TPSA) is 0 Å². The fraction of sp³-hybridized carbons (Fsp3) is 1.00. The molecule has 0 N–H and O–H groups in total. The van der Waals surface area contributed by atoms with Gasteiger partial charge in [-0.05, 0) is 42.9 Å². The molecule has 0 aromatic rings. The van der Waals surface area contributed by atoms with Gasteiger partial charge in [0.05, 0.1) is 0 Å². The second-order valence-electron chi connectivity index (χ2n) is 5.71. The fourth-order valence-electron chi connectivity index (χ4n) is 3.37. The molecule has 2 rings (SSSR count). The highest BCUT2D eigenvalue weighted by molar-refractivity contribution is 4.81. The van der Waals surface area contributed by atoms with Crippen molar-refractivity contribution in [2.24, 2.45) is 23.7 Å². The quantitative estimate of drug-likeness (QED) is 0.529. The minimum absolute atomic E-state index is 1.00. The lowest BCUT2D eigenvalue weighted by Crippen LogP contribution is -2.22. The van der Waals surface area contributed by atoms with E-state index in [-0.39, 0.29) is 0 Å². The normalized spacial score (nSPS) is 42.5. The van der Waals surface area contributed by atoms with Gasteiger partial charge in [-0.25, -0.2) is 0 Å². The van der Waals surface area contributed by atoms with E-state index in [1.807, 2.05) is 0 Å². The molecule has 13 heavy (non-hydrogen) atoms. The zero-order valence-electron chi connectivity index (χ0n) is 9.26. The standard InChI is InChI=1S/C13H24/c1-10-6-7-13(9-11(2)8-10)12-4-3-5-12/h10-13H,3-9H2,1-2H3. The molecule has 3 unspecified atom stereocenters. The van der Waals surface area contributed by atoms with Gasteiger partial charge in [-0.1, -0.05) is 39.5 Å². The molecule has 0 radical (unpaired) electrons. The van der Waals surface area contributed by atoms with E-state index in [1.54, 1.807) is 12.8 Å². The Bertz CT molecular complexity index is 157. The van der Waals surface area contributed by atoms with Crippen LogP contribution in [0.3, 0.4) is 0 Å². The van der Waals surface area contributed by atoms with Gasteiger partial charge in [0.1, 0.15) is 0 Å². The lowest BCUT2D eigenvalue weighted by molar-refractivity contribution is 0.175. The Morgan fingerprint density at radius 3 is 2.08 bits per heavy atom. The van der Waals surface area contributed by atoms with Crippen LogP contribution in [0.4, 0.5) is 0 Å². The van der Waals surface area contributed by atoms with Crippen LogP contribution >= 0.6 is 0 Å². The molecule has 0 heteroatoms. The van der Waals surface area contributed by atoms with Gasteiger partial charge in [-0.3, -0.25) is 0 Å². The van der Waals surface area contributed by atoms with Crippen molar-refractivity contribution in [3.05, 3.63) is 0 Å². The molecule has 0 heterocycles. The zero-order valence-corrected chi connectivity index (χ0v) is 9.26. The third-order valence-electron chi connectivity index (χ3n) is 4.36. The first-order chi connectivity index (χ1) is 6.25. The molecule has 0 amide bonds. The molecule has 0 spiro atoms. The predicted octanol–water partition coefficient (Wildman–Crippen LogP) is 4.25. The highest BCUT2D eigenvalue weighted by Crippen LogP contribution is 2.42. The van der Waals surface area contributed by atoms with Crippen molar-refractivity contribution in [1.29, 1.82) is 0 Å². The highest BCUT2D eigenvalue weighted by Gasteiger charge is 2.30. The van der Waals surface area contributed by atoms with Crippen LogP contribution in [0.2, 0.25) is 0 Å². The summed E-state index contributed by atoms with van der Waals surface area (Å²) >= 11 is 0. The maximum Gasteiger partial charge on any atom is -0.0383 e. The van der Waals surface area contributed by atoms with Gasteiger partial charge in [0.15, 0.2) is 0 Å². The minimum Gasteiger partial charge on any atom is -0.0625 e. The van der Waals surface area contributed by atoms with Crippen LogP contribution in [0, 0.1) is 23.7 Å². The molecular formula is C13H24. The van der Waals surface area contributed by atoms with Crippen LogP contribution in [-0.4, -0.2) is 0 Å². The summed E-state index contributed by atoms with van der Waals surface area (Å²) in [6.45, 7) is 4.91. The Labute approximate surface area is 83.1 Å². The summed E-state index contributed by atoms with van der Waals surface area (Å²) in [5.41, 5.74) is 0. The average Bonchev–Trinajstić information content (AvgIpc) is 2.09. The molecule has 0 aliphatic heterocycles. The Hall–Kier alpha value is 0. The minimum atomic E-state index is 1.00. The van der Waals surface area contributed by atoms with Crippen molar-refractivity contribution in [3.8, 4) is 0 Å². The Morgan fingerprint density at radius 2 is 1.46 bits per heavy atom. The predicted molar refractivity (Wildman–Crippen MR) is 57.6 cm³/mol. The first-order valence-corrected chi connectivity index (χ1v) is 6.25. The van der Waals surface area contributed by atoms with Crippen LogP contribution in [0.15, 0.2) is 0 Å². The molecule has 2 fully saturated rings. The van der Waals surface area contributed by atoms with Crippen molar-refractivity contribution < 1.29 is 0 Å². The molecule has 76 valence electrons. The van der Waals surface area contributed by atoms with E-state index >= 15 is 0 Å². The van der Waals surface area contributed by atoms with Gasteiger partial charge in [-0.15, -0.1) is 0 Å². The molecule has 0 nitrogen and oxygen atoms in total. The monoisotopic (exact) mass is 180 g/mol. The summed E-state index contributed by atoms with van der Waals surface area (Å²) in [4.78, 5) is 0. The van der Waals surface area contributed by atoms with E-state index in [9.17, 15) is 0 Å². The largest absolute Gasteiger partial charge is 0.0625 e. The Kier molecular flexibility index (Phi) is 2.96. The molecular weight excluding hydrogens is 156 g/mol. The number of hydrogen-bond acceptors (Lipinski definition) is 0. The molecule has 2 aliphatic rings. The average molecular weight is 180 g/mol. The van der Waals surface area contributed by atoms with Gasteiger partial charge in [0.25, 0.3) is 0 Å². The number of rotatable bonds is 1. The molecule has 2 saturated carbocycles. The third kappa shape index (κ3) is 2.27. The SMILES string of the molecule is CC1CCC(C2CCC2)CC(C)C1. The van der Waals surface area contributed by atoms with Gasteiger partial charge >= 0.3 is 0 Å². The molecule has 2 aliphatic carbocycles. The van der Waals surface area contributed by atoms with E-state index < -0.39 is 0 Å². The summed E-state index contributed by atoms with van der Waals surface area (Å²) in [6.07, 6.45) is 10.7. The van der Waals surface area contributed by atoms with Crippen molar-refractivity contribution in [2.45, 2.75) is 58.8 Å². The second-order valence-corrected chi connectivity index (χ2v) is 5.71. The van der Waals surface area contributed by atoms with Crippen molar-refractivity contribution in [2.75, 3.05) is 0 Å². The van der Waals surface area contributed by atoms with Crippen LogP contribution in [0.5, 0.6) is 0 Å². The summed E-state index contributed by atoms with van der Waals surface area (Å²) in [7, 11) is 0. The Morgan fingerprint density at radius 1 is 0.692 bits per heavy atom. The van der Waals surface area contributed by atoms with Gasteiger partial charge in [0.2, 0.25) is 0 Å². The summed E-state index contributed by atoms with van der Waals surface area (Å²) in [5.74, 6) is 4.24. The molecule has 3 atom stereocenters. The van der Waals surface area contributed by atoms with Gasteiger partial charge in [-0.2, -0.15) is 0 Å². The summed E-state index contributed by atoms with van der Waals surface area (Å²) < 4.78 is 0. The fourth-order valence-corrected chi connectivity index (χ4v) is 3.37. The molecule has 0 bridgehead atoms. The van der Waals surface area contributed by atoms with Crippen LogP contribution in [0.25, 0.3) is 0 Å². The van der Waals surface area contributed by atoms with E-state index in [4.69, 9.17) is 0 Å².